The van der Waals surface area contributed by atoms with Gasteiger partial charge in [-0.25, -0.2) is 0 Å². The summed E-state index contributed by atoms with van der Waals surface area (Å²) in [6.45, 7) is 0. The first-order valence-corrected chi connectivity index (χ1v) is 4.46. The van der Waals surface area contributed by atoms with Gasteiger partial charge in [0.15, 0.2) is 0 Å². The summed E-state index contributed by atoms with van der Waals surface area (Å²) < 4.78 is 0. The maximum absolute atomic E-state index is 6.21. The van der Waals surface area contributed by atoms with Crippen LogP contribution >= 0.6 is 23.2 Å². The van der Waals surface area contributed by atoms with Gasteiger partial charge in [-0.15, -0.1) is 23.2 Å². The maximum atomic E-state index is 6.21. The molecule has 2 bridgehead atoms. The lowest BCUT2D eigenvalue weighted by atomic mass is 9.75. The number of rotatable bonds is 0. The van der Waals surface area contributed by atoms with Gasteiger partial charge in [0.2, 0.25) is 0 Å². The van der Waals surface area contributed by atoms with E-state index in [0.717, 1.165) is 25.7 Å². The molecule has 10 heavy (non-hydrogen) atoms. The van der Waals surface area contributed by atoms with E-state index in [0.29, 0.717) is 0 Å². The molecule has 3 rings (SSSR count). The number of allylic oxidation sites excluding steroid dienone is 2. The van der Waals surface area contributed by atoms with Gasteiger partial charge in [0.05, 0.1) is 9.75 Å². The Hall–Kier alpha value is 0.320. The van der Waals surface area contributed by atoms with E-state index in [2.05, 4.69) is 12.2 Å². The molecule has 0 radical (unpaired) electrons. The highest BCUT2D eigenvalue weighted by molar-refractivity contribution is 6.28. The van der Waals surface area contributed by atoms with Crippen molar-refractivity contribution >= 4 is 23.2 Å². The van der Waals surface area contributed by atoms with Gasteiger partial charge in [0.1, 0.15) is 0 Å². The van der Waals surface area contributed by atoms with E-state index in [1.807, 2.05) is 0 Å². The van der Waals surface area contributed by atoms with Gasteiger partial charge >= 0.3 is 0 Å². The van der Waals surface area contributed by atoms with Crippen molar-refractivity contribution in [3.05, 3.63) is 12.2 Å². The number of hydrogen-bond donors (Lipinski definition) is 0. The lowest BCUT2D eigenvalue weighted by Crippen LogP contribution is -2.38. The zero-order chi connectivity index (χ0) is 7.24. The molecule has 0 unspecified atom stereocenters. The second-order valence-electron chi connectivity index (χ2n) is 3.40. The van der Waals surface area contributed by atoms with Gasteiger partial charge in [-0.3, -0.25) is 0 Å². The van der Waals surface area contributed by atoms with Crippen molar-refractivity contribution in [3.63, 3.8) is 0 Å². The Balaban J connectivity index is 2.33. The predicted octanol–water partition coefficient (Wildman–Crippen LogP) is 3.09. The Kier molecular flexibility index (Phi) is 1.34. The Bertz CT molecular complexity index is 156. The molecule has 56 valence electrons. The van der Waals surface area contributed by atoms with Crippen LogP contribution in [0, 0.1) is 0 Å². The summed E-state index contributed by atoms with van der Waals surface area (Å²) in [7, 11) is 0. The van der Waals surface area contributed by atoms with Gasteiger partial charge in [-0.05, 0) is 25.7 Å². The number of hydrogen-bond acceptors (Lipinski definition) is 0. The Morgan fingerprint density at radius 3 is 1.30 bits per heavy atom. The van der Waals surface area contributed by atoms with Crippen LogP contribution in [0.3, 0.4) is 0 Å². The highest BCUT2D eigenvalue weighted by atomic mass is 35.5. The lowest BCUT2D eigenvalue weighted by Gasteiger charge is -2.42. The van der Waals surface area contributed by atoms with E-state index in [9.17, 15) is 0 Å². The van der Waals surface area contributed by atoms with Crippen molar-refractivity contribution < 1.29 is 0 Å². The van der Waals surface area contributed by atoms with Crippen LogP contribution in [0.5, 0.6) is 0 Å². The fourth-order valence-corrected chi connectivity index (χ4v) is 2.22. The summed E-state index contributed by atoms with van der Waals surface area (Å²) in [5.41, 5.74) is 0. The highest BCUT2D eigenvalue weighted by Crippen LogP contribution is 2.48. The van der Waals surface area contributed by atoms with Crippen LogP contribution in [-0.2, 0) is 0 Å². The van der Waals surface area contributed by atoms with Crippen LogP contribution in [0.25, 0.3) is 0 Å². The summed E-state index contributed by atoms with van der Waals surface area (Å²) in [4.78, 5) is -0.0622. The zero-order valence-corrected chi connectivity index (χ0v) is 7.25. The fourth-order valence-electron chi connectivity index (χ4n) is 1.71. The third-order valence-electron chi connectivity index (χ3n) is 2.59. The molecule has 0 atom stereocenters. The van der Waals surface area contributed by atoms with Crippen molar-refractivity contribution in [2.45, 2.75) is 35.4 Å². The highest BCUT2D eigenvalue weighted by Gasteiger charge is 2.42. The van der Waals surface area contributed by atoms with Gasteiger partial charge in [0, 0.05) is 0 Å². The van der Waals surface area contributed by atoms with Crippen LogP contribution in [0.2, 0.25) is 0 Å². The average Bonchev–Trinajstić information content (AvgIpc) is 1.93. The molecule has 0 N–H and O–H groups in total. The van der Waals surface area contributed by atoms with E-state index in [1.165, 1.54) is 0 Å². The van der Waals surface area contributed by atoms with Crippen LogP contribution in [0.15, 0.2) is 12.2 Å². The molecule has 1 saturated carbocycles. The summed E-state index contributed by atoms with van der Waals surface area (Å²) in [6, 6.07) is 0. The molecule has 0 aromatic carbocycles. The largest absolute Gasteiger partial charge is 0.115 e. The van der Waals surface area contributed by atoms with Crippen LogP contribution in [-0.4, -0.2) is 9.75 Å². The topological polar surface area (TPSA) is 0 Å². The van der Waals surface area contributed by atoms with E-state index in [-0.39, 0.29) is 9.75 Å². The minimum absolute atomic E-state index is 0.0311. The first-order chi connectivity index (χ1) is 4.62. The average molecular weight is 177 g/mol. The molecule has 0 saturated heterocycles. The molecular formula is C8H10Cl2. The summed E-state index contributed by atoms with van der Waals surface area (Å²) in [5.74, 6) is 0. The summed E-state index contributed by atoms with van der Waals surface area (Å²) in [5, 5.41) is 0. The molecule has 0 nitrogen and oxygen atoms in total. The Morgan fingerprint density at radius 2 is 1.10 bits per heavy atom. The number of alkyl halides is 2. The molecule has 3 aliphatic carbocycles. The quantitative estimate of drug-likeness (QED) is 0.394. The van der Waals surface area contributed by atoms with Gasteiger partial charge in [-0.1, -0.05) is 12.2 Å². The second kappa shape index (κ2) is 1.92. The maximum Gasteiger partial charge on any atom is 0.0628 e. The molecule has 2 heteroatoms. The first-order valence-electron chi connectivity index (χ1n) is 3.70. The van der Waals surface area contributed by atoms with Crippen molar-refractivity contribution in [1.29, 1.82) is 0 Å². The van der Waals surface area contributed by atoms with Crippen LogP contribution < -0.4 is 0 Å². The molecular weight excluding hydrogens is 167 g/mol. The molecule has 0 aliphatic heterocycles. The standard InChI is InChI=1S/C8H10Cl2/c9-7-1-2-8(10,5-3-7)6-4-7/h1-2H,3-6H2. The van der Waals surface area contributed by atoms with E-state index in [1.54, 1.807) is 0 Å². The molecule has 0 spiro atoms. The normalized spacial score (nSPS) is 51.8. The summed E-state index contributed by atoms with van der Waals surface area (Å²) in [6.07, 6.45) is 8.36. The fraction of sp³-hybridized carbons (Fsp3) is 0.750. The SMILES string of the molecule is ClC12C=CC(Cl)(CC1)CC2. The monoisotopic (exact) mass is 176 g/mol. The molecule has 0 heterocycles. The zero-order valence-electron chi connectivity index (χ0n) is 5.74. The molecule has 0 amide bonds. The van der Waals surface area contributed by atoms with Crippen LogP contribution in [0.1, 0.15) is 25.7 Å². The molecule has 3 aliphatic rings. The minimum atomic E-state index is -0.0311. The Labute approximate surface area is 71.2 Å². The van der Waals surface area contributed by atoms with Crippen LogP contribution in [0.4, 0.5) is 0 Å². The first kappa shape index (κ1) is 7.00. The smallest absolute Gasteiger partial charge is 0.0628 e. The van der Waals surface area contributed by atoms with Crippen molar-refractivity contribution in [2.24, 2.45) is 0 Å². The second-order valence-corrected chi connectivity index (χ2v) is 4.91. The summed E-state index contributed by atoms with van der Waals surface area (Å²) >= 11 is 12.4. The molecule has 0 aromatic rings. The number of halogens is 2. The lowest BCUT2D eigenvalue weighted by molar-refractivity contribution is 0.372. The van der Waals surface area contributed by atoms with Gasteiger partial charge in [0.25, 0.3) is 0 Å². The third-order valence-corrected chi connectivity index (χ3v) is 3.60. The van der Waals surface area contributed by atoms with Crippen molar-refractivity contribution in [1.82, 2.24) is 0 Å². The molecule has 1 fully saturated rings. The van der Waals surface area contributed by atoms with E-state index < -0.39 is 0 Å². The Morgan fingerprint density at radius 1 is 0.800 bits per heavy atom. The van der Waals surface area contributed by atoms with Gasteiger partial charge in [-0.2, -0.15) is 0 Å². The predicted molar refractivity (Wildman–Crippen MR) is 44.8 cm³/mol. The minimum Gasteiger partial charge on any atom is -0.115 e. The molecule has 0 aromatic heterocycles. The third kappa shape index (κ3) is 0.981. The van der Waals surface area contributed by atoms with E-state index in [4.69, 9.17) is 23.2 Å². The number of fused-ring (bicyclic) bond motifs is 2. The van der Waals surface area contributed by atoms with Gasteiger partial charge < -0.3 is 0 Å². The van der Waals surface area contributed by atoms with Crippen molar-refractivity contribution in [2.75, 3.05) is 0 Å². The van der Waals surface area contributed by atoms with E-state index >= 15 is 0 Å². The van der Waals surface area contributed by atoms with Crippen molar-refractivity contribution in [3.8, 4) is 0 Å².